The Morgan fingerprint density at radius 3 is 2.57 bits per heavy atom. The maximum absolute atomic E-state index is 13.2. The van der Waals surface area contributed by atoms with Gasteiger partial charge in [-0.05, 0) is 36.5 Å². The van der Waals surface area contributed by atoms with Crippen LogP contribution in [0.15, 0.2) is 60.3 Å². The average Bonchev–Trinajstić information content (AvgIpc) is 3.03. The smallest absolute Gasteiger partial charge is 0.270 e. The van der Waals surface area contributed by atoms with Crippen LogP contribution in [0.4, 0.5) is 5.69 Å². The van der Waals surface area contributed by atoms with Crippen molar-refractivity contribution in [3.63, 3.8) is 0 Å². The van der Waals surface area contributed by atoms with Crippen molar-refractivity contribution in [3.05, 3.63) is 70.9 Å². The second kappa shape index (κ2) is 7.74. The number of thiocarbonyl (C=S) groups is 1. The SMILES string of the molecule is O=C([O-])Cn1cc(/C=C2\C(=O)NC(=S)N(c3ccccc3Cl)C2=O)c2ccccc21. The van der Waals surface area contributed by atoms with E-state index >= 15 is 0 Å². The number of para-hydroxylation sites is 2. The van der Waals surface area contributed by atoms with Crippen molar-refractivity contribution in [1.82, 2.24) is 9.88 Å². The van der Waals surface area contributed by atoms with Crippen LogP contribution in [0.2, 0.25) is 5.02 Å². The molecule has 0 saturated carbocycles. The zero-order chi connectivity index (χ0) is 21.4. The first kappa shape index (κ1) is 19.8. The number of aliphatic carboxylic acids is 1. The van der Waals surface area contributed by atoms with Gasteiger partial charge in [0.15, 0.2) is 5.11 Å². The van der Waals surface area contributed by atoms with Gasteiger partial charge < -0.3 is 14.5 Å². The van der Waals surface area contributed by atoms with Gasteiger partial charge in [-0.2, -0.15) is 0 Å². The van der Waals surface area contributed by atoms with E-state index < -0.39 is 17.8 Å². The molecule has 1 fully saturated rings. The molecule has 3 aromatic rings. The van der Waals surface area contributed by atoms with Crippen molar-refractivity contribution in [2.24, 2.45) is 0 Å². The first-order valence-electron chi connectivity index (χ1n) is 8.80. The second-order valence-electron chi connectivity index (χ2n) is 6.51. The van der Waals surface area contributed by atoms with Crippen LogP contribution in [-0.2, 0) is 20.9 Å². The third-order valence-electron chi connectivity index (χ3n) is 4.61. The van der Waals surface area contributed by atoms with E-state index in [-0.39, 0.29) is 17.2 Å². The number of carboxylic acid groups (broad SMARTS) is 1. The molecule has 1 N–H and O–H groups in total. The van der Waals surface area contributed by atoms with Gasteiger partial charge in [0.2, 0.25) is 0 Å². The van der Waals surface area contributed by atoms with E-state index in [2.05, 4.69) is 5.32 Å². The summed E-state index contributed by atoms with van der Waals surface area (Å²) in [6.07, 6.45) is 2.97. The summed E-state index contributed by atoms with van der Waals surface area (Å²) in [5, 5.41) is 14.5. The summed E-state index contributed by atoms with van der Waals surface area (Å²) in [6.45, 7) is -0.361. The summed E-state index contributed by atoms with van der Waals surface area (Å²) < 4.78 is 1.48. The van der Waals surface area contributed by atoms with Crippen LogP contribution < -0.4 is 15.3 Å². The molecule has 30 heavy (non-hydrogen) atoms. The number of fused-ring (bicyclic) bond motifs is 1. The quantitative estimate of drug-likeness (QED) is 0.381. The van der Waals surface area contributed by atoms with Gasteiger partial charge >= 0.3 is 0 Å². The number of benzene rings is 2. The molecule has 2 amide bonds. The number of rotatable bonds is 4. The van der Waals surface area contributed by atoms with E-state index in [1.54, 1.807) is 54.7 Å². The monoisotopic (exact) mass is 438 g/mol. The number of carboxylic acids is 1. The Hall–Kier alpha value is -3.49. The molecule has 1 saturated heterocycles. The Bertz CT molecular complexity index is 1260. The van der Waals surface area contributed by atoms with E-state index in [0.717, 1.165) is 4.90 Å². The summed E-state index contributed by atoms with van der Waals surface area (Å²) in [7, 11) is 0. The third-order valence-corrected chi connectivity index (χ3v) is 5.22. The maximum atomic E-state index is 13.2. The van der Waals surface area contributed by atoms with Gasteiger partial charge in [-0.1, -0.05) is 41.9 Å². The fraction of sp³-hybridized carbons (Fsp3) is 0.0476. The fourth-order valence-electron chi connectivity index (χ4n) is 3.32. The van der Waals surface area contributed by atoms with Crippen LogP contribution in [0.25, 0.3) is 17.0 Å². The van der Waals surface area contributed by atoms with Gasteiger partial charge in [-0.3, -0.25) is 19.8 Å². The molecular formula is C21H13ClN3O4S-. The lowest BCUT2D eigenvalue weighted by Gasteiger charge is -2.29. The van der Waals surface area contributed by atoms with Crippen LogP contribution in [-0.4, -0.2) is 27.5 Å². The largest absolute Gasteiger partial charge is 0.548 e. The van der Waals surface area contributed by atoms with Crippen LogP contribution in [0.5, 0.6) is 0 Å². The Kier molecular flexibility index (Phi) is 5.11. The highest BCUT2D eigenvalue weighted by atomic mass is 35.5. The van der Waals surface area contributed by atoms with E-state index in [1.165, 1.54) is 10.6 Å². The van der Waals surface area contributed by atoms with Crippen molar-refractivity contribution in [1.29, 1.82) is 0 Å². The molecule has 0 radical (unpaired) electrons. The van der Waals surface area contributed by atoms with E-state index in [0.29, 0.717) is 27.2 Å². The summed E-state index contributed by atoms with van der Waals surface area (Å²) in [4.78, 5) is 37.9. The standard InChI is InChI=1S/C21H14ClN3O4S/c22-15-6-2-4-8-17(15)25-20(29)14(19(28)23-21(25)30)9-12-10-24(11-18(26)27)16-7-3-1-5-13(12)16/h1-10H,11H2,(H,26,27)(H,23,28,30)/p-1/b14-9+. The average molecular weight is 439 g/mol. The summed E-state index contributed by atoms with van der Waals surface area (Å²) in [6, 6.07) is 13.7. The summed E-state index contributed by atoms with van der Waals surface area (Å²) in [5.74, 6) is -2.53. The topological polar surface area (TPSA) is 94.5 Å². The minimum absolute atomic E-state index is 0.0744. The highest BCUT2D eigenvalue weighted by Crippen LogP contribution is 2.30. The minimum atomic E-state index is -1.25. The van der Waals surface area contributed by atoms with Gasteiger partial charge in [-0.15, -0.1) is 0 Å². The Morgan fingerprint density at radius 1 is 1.13 bits per heavy atom. The number of hydrogen-bond acceptors (Lipinski definition) is 5. The molecule has 2 aromatic carbocycles. The fourth-order valence-corrected chi connectivity index (χ4v) is 3.82. The minimum Gasteiger partial charge on any atom is -0.548 e. The molecule has 1 aliphatic rings. The predicted octanol–water partition coefficient (Wildman–Crippen LogP) is 1.88. The molecule has 2 heterocycles. The summed E-state index contributed by atoms with van der Waals surface area (Å²) >= 11 is 11.4. The lowest BCUT2D eigenvalue weighted by molar-refractivity contribution is -0.306. The molecule has 4 rings (SSSR count). The van der Waals surface area contributed by atoms with Gasteiger partial charge in [0.1, 0.15) is 5.57 Å². The number of amides is 2. The zero-order valence-electron chi connectivity index (χ0n) is 15.3. The van der Waals surface area contributed by atoms with Crippen LogP contribution in [0.1, 0.15) is 5.56 Å². The number of aromatic nitrogens is 1. The van der Waals surface area contributed by atoms with Gasteiger partial charge in [0.05, 0.1) is 23.2 Å². The van der Waals surface area contributed by atoms with E-state index in [9.17, 15) is 19.5 Å². The molecule has 0 aliphatic carbocycles. The van der Waals surface area contributed by atoms with Gasteiger partial charge in [-0.25, -0.2) is 0 Å². The van der Waals surface area contributed by atoms with Crippen molar-refractivity contribution in [3.8, 4) is 0 Å². The molecule has 0 spiro atoms. The maximum Gasteiger partial charge on any atom is 0.270 e. The van der Waals surface area contributed by atoms with Crippen LogP contribution in [0.3, 0.4) is 0 Å². The predicted molar refractivity (Wildman–Crippen MR) is 115 cm³/mol. The van der Waals surface area contributed by atoms with E-state index in [1.807, 2.05) is 0 Å². The number of carbonyl (C=O) groups is 3. The highest BCUT2D eigenvalue weighted by molar-refractivity contribution is 7.80. The van der Waals surface area contributed by atoms with Gasteiger partial charge in [0, 0.05) is 22.7 Å². The Morgan fingerprint density at radius 2 is 1.83 bits per heavy atom. The van der Waals surface area contributed by atoms with E-state index in [4.69, 9.17) is 23.8 Å². The number of carbonyl (C=O) groups excluding carboxylic acids is 3. The lowest BCUT2D eigenvalue weighted by atomic mass is 10.1. The van der Waals surface area contributed by atoms with Crippen LogP contribution >= 0.6 is 23.8 Å². The number of nitrogens with one attached hydrogen (secondary N) is 1. The molecule has 0 unspecified atom stereocenters. The number of nitrogens with zero attached hydrogens (tertiary/aromatic N) is 2. The van der Waals surface area contributed by atoms with Crippen LogP contribution in [0, 0.1) is 0 Å². The molecule has 7 nitrogen and oxygen atoms in total. The molecular weight excluding hydrogens is 426 g/mol. The van der Waals surface area contributed by atoms with Crippen molar-refractivity contribution in [2.45, 2.75) is 6.54 Å². The van der Waals surface area contributed by atoms with Gasteiger partial charge in [0.25, 0.3) is 11.8 Å². The first-order chi connectivity index (χ1) is 14.4. The Balaban J connectivity index is 1.82. The summed E-state index contributed by atoms with van der Waals surface area (Å²) in [5.41, 5.74) is 1.34. The normalized spacial score (nSPS) is 15.7. The molecule has 150 valence electrons. The third kappa shape index (κ3) is 3.47. The number of hydrogen-bond donors (Lipinski definition) is 1. The molecule has 1 aromatic heterocycles. The Labute approximate surface area is 181 Å². The molecule has 1 aliphatic heterocycles. The highest BCUT2D eigenvalue weighted by Gasteiger charge is 2.35. The molecule has 0 atom stereocenters. The number of anilines is 1. The second-order valence-corrected chi connectivity index (χ2v) is 7.30. The lowest BCUT2D eigenvalue weighted by Crippen LogP contribution is -2.54. The van der Waals surface area contributed by atoms with Crippen molar-refractivity contribution < 1.29 is 19.5 Å². The zero-order valence-corrected chi connectivity index (χ0v) is 16.9. The molecule has 9 heteroatoms. The first-order valence-corrected chi connectivity index (χ1v) is 9.59. The molecule has 0 bridgehead atoms. The van der Waals surface area contributed by atoms with Crippen molar-refractivity contribution in [2.75, 3.05) is 4.90 Å². The number of halogens is 1. The van der Waals surface area contributed by atoms with Crippen molar-refractivity contribution >= 4 is 69.4 Å².